The minimum Gasteiger partial charge on any atom is -0.403 e. The number of aromatic nitrogens is 2. The molecule has 2 N–H and O–H groups in total. The van der Waals surface area contributed by atoms with E-state index in [2.05, 4.69) is 41.6 Å². The zero-order valence-corrected chi connectivity index (χ0v) is 14.5. The summed E-state index contributed by atoms with van der Waals surface area (Å²) >= 11 is 1.53. The van der Waals surface area contributed by atoms with Gasteiger partial charge in [-0.15, -0.1) is 5.10 Å². The molecule has 0 fully saturated rings. The van der Waals surface area contributed by atoms with Crippen LogP contribution in [0.2, 0.25) is 0 Å². The van der Waals surface area contributed by atoms with Gasteiger partial charge in [0.25, 0.3) is 5.89 Å². The van der Waals surface area contributed by atoms with Crippen molar-refractivity contribution in [1.29, 1.82) is 0 Å². The highest BCUT2D eigenvalue weighted by molar-refractivity contribution is 7.08. The summed E-state index contributed by atoms with van der Waals surface area (Å²) in [4.78, 5) is 12.0. The van der Waals surface area contributed by atoms with Crippen molar-refractivity contribution >= 4 is 29.1 Å². The Labute approximate surface area is 143 Å². The average molecular weight is 342 g/mol. The zero-order chi connectivity index (χ0) is 17.2. The fraction of sp³-hybridized carbons (Fsp3) is 0.235. The lowest BCUT2D eigenvalue weighted by atomic mass is 9.87. The first-order valence-electron chi connectivity index (χ1n) is 7.46. The third-order valence-electron chi connectivity index (χ3n) is 3.42. The van der Waals surface area contributed by atoms with Crippen molar-refractivity contribution in [3.05, 3.63) is 46.7 Å². The number of anilines is 2. The fourth-order valence-corrected chi connectivity index (χ4v) is 2.72. The summed E-state index contributed by atoms with van der Waals surface area (Å²) in [5.74, 6) is 0.376. The van der Waals surface area contributed by atoms with Crippen molar-refractivity contribution in [3.63, 3.8) is 0 Å². The molecule has 0 saturated heterocycles. The fourth-order valence-electron chi connectivity index (χ4n) is 2.09. The first kappa shape index (κ1) is 16.2. The van der Waals surface area contributed by atoms with E-state index < -0.39 is 6.03 Å². The number of thiophene rings is 1. The van der Waals surface area contributed by atoms with E-state index in [1.165, 1.54) is 16.9 Å². The van der Waals surface area contributed by atoms with Crippen molar-refractivity contribution in [2.75, 3.05) is 10.6 Å². The molecule has 124 valence electrons. The van der Waals surface area contributed by atoms with Gasteiger partial charge in [-0.25, -0.2) is 4.79 Å². The highest BCUT2D eigenvalue weighted by atomic mass is 32.1. The van der Waals surface area contributed by atoms with E-state index in [4.69, 9.17) is 4.42 Å². The van der Waals surface area contributed by atoms with Crippen LogP contribution in [0.5, 0.6) is 0 Å². The number of rotatable bonds is 3. The van der Waals surface area contributed by atoms with Gasteiger partial charge in [0.05, 0.1) is 0 Å². The first-order valence-corrected chi connectivity index (χ1v) is 8.41. The highest BCUT2D eigenvalue weighted by Crippen LogP contribution is 2.24. The second-order valence-corrected chi connectivity index (χ2v) is 7.11. The van der Waals surface area contributed by atoms with E-state index in [1.54, 1.807) is 0 Å². The molecule has 24 heavy (non-hydrogen) atoms. The van der Waals surface area contributed by atoms with Gasteiger partial charge in [0.2, 0.25) is 0 Å². The molecule has 0 unspecified atom stereocenters. The minimum atomic E-state index is -0.431. The molecule has 0 bridgehead atoms. The SMILES string of the molecule is CC(C)(C)c1ccc(NC(=O)Nc2nnc(-c3ccsc3)o2)cc1. The normalized spacial score (nSPS) is 11.3. The van der Waals surface area contributed by atoms with Crippen LogP contribution in [0.3, 0.4) is 0 Å². The maximum Gasteiger partial charge on any atom is 0.327 e. The maximum absolute atomic E-state index is 12.0. The topological polar surface area (TPSA) is 80.0 Å². The van der Waals surface area contributed by atoms with Crippen molar-refractivity contribution < 1.29 is 9.21 Å². The van der Waals surface area contributed by atoms with Gasteiger partial charge in [-0.05, 0) is 34.6 Å². The van der Waals surface area contributed by atoms with Crippen LogP contribution >= 0.6 is 11.3 Å². The Morgan fingerprint density at radius 1 is 1.08 bits per heavy atom. The van der Waals surface area contributed by atoms with Crippen LogP contribution in [0, 0.1) is 0 Å². The lowest BCUT2D eigenvalue weighted by molar-refractivity contribution is 0.261. The van der Waals surface area contributed by atoms with Crippen LogP contribution in [0.4, 0.5) is 16.5 Å². The summed E-state index contributed by atoms with van der Waals surface area (Å²) in [5, 5.41) is 16.8. The maximum atomic E-state index is 12.0. The van der Waals surface area contributed by atoms with Crippen LogP contribution in [-0.4, -0.2) is 16.2 Å². The molecule has 0 atom stereocenters. The third kappa shape index (κ3) is 3.80. The Balaban J connectivity index is 1.62. The molecule has 0 radical (unpaired) electrons. The molecule has 6 nitrogen and oxygen atoms in total. The molecule has 2 heterocycles. The molecular formula is C17H18N4O2S. The molecule has 0 aliphatic rings. The molecule has 0 aliphatic heterocycles. The standard InChI is InChI=1S/C17H18N4O2S/c1-17(2,3)12-4-6-13(7-5-12)18-15(22)19-16-21-20-14(23-16)11-8-9-24-10-11/h4-10H,1-3H3,(H2,18,19,21,22). The summed E-state index contributed by atoms with van der Waals surface area (Å²) in [6.45, 7) is 6.42. The van der Waals surface area contributed by atoms with E-state index in [0.717, 1.165) is 5.56 Å². The summed E-state index contributed by atoms with van der Waals surface area (Å²) in [6, 6.07) is 9.22. The third-order valence-corrected chi connectivity index (χ3v) is 4.11. The van der Waals surface area contributed by atoms with Crippen LogP contribution in [-0.2, 0) is 5.41 Å². The number of carbonyl (C=O) groups is 1. The predicted octanol–water partition coefficient (Wildman–Crippen LogP) is 4.74. The van der Waals surface area contributed by atoms with E-state index in [1.807, 2.05) is 41.1 Å². The molecule has 2 aromatic heterocycles. The van der Waals surface area contributed by atoms with Gasteiger partial charge in [0, 0.05) is 16.6 Å². The molecule has 2 amide bonds. The Kier molecular flexibility index (Phi) is 4.35. The van der Waals surface area contributed by atoms with Gasteiger partial charge in [-0.3, -0.25) is 5.32 Å². The molecule has 1 aromatic carbocycles. The summed E-state index contributed by atoms with van der Waals surface area (Å²) in [6.07, 6.45) is 0. The lowest BCUT2D eigenvalue weighted by Gasteiger charge is -2.19. The smallest absolute Gasteiger partial charge is 0.327 e. The molecule has 3 aromatic rings. The second-order valence-electron chi connectivity index (χ2n) is 6.33. The van der Waals surface area contributed by atoms with Crippen LogP contribution in [0.25, 0.3) is 11.5 Å². The largest absolute Gasteiger partial charge is 0.403 e. The number of benzene rings is 1. The van der Waals surface area contributed by atoms with E-state index in [-0.39, 0.29) is 11.4 Å². The quantitative estimate of drug-likeness (QED) is 0.720. The Morgan fingerprint density at radius 2 is 1.83 bits per heavy atom. The van der Waals surface area contributed by atoms with E-state index >= 15 is 0 Å². The lowest BCUT2D eigenvalue weighted by Crippen LogP contribution is -2.19. The minimum absolute atomic E-state index is 0.0556. The highest BCUT2D eigenvalue weighted by Gasteiger charge is 2.14. The molecule has 0 aliphatic carbocycles. The van der Waals surface area contributed by atoms with Gasteiger partial charge < -0.3 is 9.73 Å². The van der Waals surface area contributed by atoms with Gasteiger partial charge >= 0.3 is 12.0 Å². The van der Waals surface area contributed by atoms with E-state index in [0.29, 0.717) is 11.6 Å². The Hall–Kier alpha value is -2.67. The molecule has 7 heteroatoms. The van der Waals surface area contributed by atoms with Crippen LogP contribution < -0.4 is 10.6 Å². The monoisotopic (exact) mass is 342 g/mol. The predicted molar refractivity (Wildman–Crippen MR) is 95.4 cm³/mol. The van der Waals surface area contributed by atoms with Gasteiger partial charge in [-0.1, -0.05) is 38.0 Å². The second kappa shape index (κ2) is 6.45. The van der Waals surface area contributed by atoms with Crippen molar-refractivity contribution in [2.45, 2.75) is 26.2 Å². The van der Waals surface area contributed by atoms with Crippen molar-refractivity contribution in [1.82, 2.24) is 10.2 Å². The van der Waals surface area contributed by atoms with Crippen LogP contribution in [0.1, 0.15) is 26.3 Å². The number of nitrogens with one attached hydrogen (secondary N) is 2. The first-order chi connectivity index (χ1) is 11.4. The van der Waals surface area contributed by atoms with Gasteiger partial charge in [0.1, 0.15) is 0 Å². The summed E-state index contributed by atoms with van der Waals surface area (Å²) in [7, 11) is 0. The van der Waals surface area contributed by atoms with Crippen LogP contribution in [0.15, 0.2) is 45.5 Å². The number of carbonyl (C=O) groups excluding carboxylic acids is 1. The Bertz CT molecular complexity index is 817. The summed E-state index contributed by atoms with van der Waals surface area (Å²) in [5.41, 5.74) is 2.80. The molecule has 3 rings (SSSR count). The number of hydrogen-bond donors (Lipinski definition) is 2. The summed E-state index contributed by atoms with van der Waals surface area (Å²) < 4.78 is 5.41. The van der Waals surface area contributed by atoms with Gasteiger partial charge in [0.15, 0.2) is 0 Å². The van der Waals surface area contributed by atoms with E-state index in [9.17, 15) is 4.79 Å². The number of amides is 2. The zero-order valence-electron chi connectivity index (χ0n) is 13.7. The molecule has 0 spiro atoms. The molecular weight excluding hydrogens is 324 g/mol. The van der Waals surface area contributed by atoms with Gasteiger partial charge in [-0.2, -0.15) is 11.3 Å². The average Bonchev–Trinajstić information content (AvgIpc) is 3.17. The molecule has 0 saturated carbocycles. The van der Waals surface area contributed by atoms with Crippen molar-refractivity contribution in [2.24, 2.45) is 0 Å². The Morgan fingerprint density at radius 3 is 2.46 bits per heavy atom. The van der Waals surface area contributed by atoms with Crippen molar-refractivity contribution in [3.8, 4) is 11.5 Å². The number of nitrogens with zero attached hydrogens (tertiary/aromatic N) is 2. The number of hydrogen-bond acceptors (Lipinski definition) is 5. The number of urea groups is 1.